The summed E-state index contributed by atoms with van der Waals surface area (Å²) in [7, 11) is 0. The summed E-state index contributed by atoms with van der Waals surface area (Å²) in [5, 5.41) is 3.18. The van der Waals surface area contributed by atoms with E-state index >= 15 is 0 Å². The lowest BCUT2D eigenvalue weighted by Gasteiger charge is -2.13. The maximum Gasteiger partial charge on any atom is 0.404 e. The molecule has 5 nitrogen and oxygen atoms in total. The molecule has 0 saturated carbocycles. The Morgan fingerprint density at radius 1 is 1.73 bits per heavy atom. The zero-order chi connectivity index (χ0) is 11.1. The van der Waals surface area contributed by atoms with Crippen LogP contribution in [0.25, 0.3) is 0 Å². The summed E-state index contributed by atoms with van der Waals surface area (Å²) in [5.41, 5.74) is 5.92. The van der Waals surface area contributed by atoms with Crippen LogP contribution in [0.2, 0.25) is 0 Å². The predicted molar refractivity (Wildman–Crippen MR) is 56.2 cm³/mol. The van der Waals surface area contributed by atoms with Crippen LogP contribution >= 0.6 is 0 Å². The number of aromatic nitrogens is 1. The number of nitrogens with zero attached hydrogens (tertiary/aromatic N) is 1. The van der Waals surface area contributed by atoms with Crippen LogP contribution in [0.3, 0.4) is 0 Å². The first-order valence-electron chi connectivity index (χ1n) is 4.75. The topological polar surface area (TPSA) is 77.2 Å². The van der Waals surface area contributed by atoms with Crippen molar-refractivity contribution in [1.29, 1.82) is 0 Å². The monoisotopic (exact) mass is 209 g/mol. The summed E-state index contributed by atoms with van der Waals surface area (Å²) in [6.07, 6.45) is 2.78. The molecule has 1 amide bonds. The fraction of sp³-hybridized carbons (Fsp3) is 0.400. The van der Waals surface area contributed by atoms with Gasteiger partial charge in [-0.05, 0) is 18.6 Å². The van der Waals surface area contributed by atoms with Gasteiger partial charge in [-0.3, -0.25) is 4.98 Å². The molecule has 5 heteroatoms. The number of ether oxygens (including phenoxy) is 1. The molecule has 1 rings (SSSR count). The minimum Gasteiger partial charge on any atom is -0.448 e. The summed E-state index contributed by atoms with van der Waals surface area (Å²) in [5.74, 6) is 0. The van der Waals surface area contributed by atoms with E-state index in [1.807, 2.05) is 19.1 Å². The smallest absolute Gasteiger partial charge is 0.404 e. The molecule has 0 aromatic carbocycles. The zero-order valence-corrected chi connectivity index (χ0v) is 8.64. The second-order valence-corrected chi connectivity index (χ2v) is 3.13. The first-order valence-corrected chi connectivity index (χ1v) is 4.75. The van der Waals surface area contributed by atoms with Gasteiger partial charge in [0.15, 0.2) is 0 Å². The molecule has 0 spiro atoms. The highest BCUT2D eigenvalue weighted by atomic mass is 16.5. The van der Waals surface area contributed by atoms with Crippen molar-refractivity contribution in [3.05, 3.63) is 30.1 Å². The fourth-order valence-corrected chi connectivity index (χ4v) is 1.18. The second kappa shape index (κ2) is 5.98. The van der Waals surface area contributed by atoms with Gasteiger partial charge in [0.05, 0.1) is 0 Å². The normalized spacial score (nSPS) is 12.1. The van der Waals surface area contributed by atoms with Crippen LogP contribution in [-0.2, 0) is 4.74 Å². The number of carbonyl (C=O) groups excluding carboxylic acids is 1. The van der Waals surface area contributed by atoms with E-state index in [1.54, 1.807) is 12.4 Å². The Morgan fingerprint density at radius 2 is 2.53 bits per heavy atom. The van der Waals surface area contributed by atoms with Crippen molar-refractivity contribution in [3.8, 4) is 0 Å². The fourth-order valence-electron chi connectivity index (χ4n) is 1.18. The van der Waals surface area contributed by atoms with Crippen LogP contribution < -0.4 is 11.1 Å². The van der Waals surface area contributed by atoms with Gasteiger partial charge in [0.2, 0.25) is 0 Å². The van der Waals surface area contributed by atoms with E-state index in [0.29, 0.717) is 6.54 Å². The molecule has 0 aliphatic rings. The molecule has 0 bridgehead atoms. The summed E-state index contributed by atoms with van der Waals surface area (Å²) in [6, 6.07) is 4.04. The minimum atomic E-state index is -0.745. The number of primary amides is 1. The molecule has 1 aromatic rings. The van der Waals surface area contributed by atoms with Crippen molar-refractivity contribution in [2.24, 2.45) is 5.73 Å². The van der Waals surface area contributed by atoms with Gasteiger partial charge in [0.1, 0.15) is 6.61 Å². The summed E-state index contributed by atoms with van der Waals surface area (Å²) in [6.45, 7) is 2.86. The van der Waals surface area contributed by atoms with Crippen molar-refractivity contribution in [1.82, 2.24) is 10.3 Å². The molecule has 1 aromatic heterocycles. The highest BCUT2D eigenvalue weighted by molar-refractivity contribution is 5.64. The maximum atomic E-state index is 10.3. The maximum absolute atomic E-state index is 10.3. The van der Waals surface area contributed by atoms with E-state index in [2.05, 4.69) is 15.0 Å². The number of pyridine rings is 1. The molecule has 1 atom stereocenters. The van der Waals surface area contributed by atoms with Gasteiger partial charge >= 0.3 is 6.09 Å². The number of carbonyl (C=O) groups is 1. The van der Waals surface area contributed by atoms with Crippen molar-refractivity contribution < 1.29 is 9.53 Å². The summed E-state index contributed by atoms with van der Waals surface area (Å²) >= 11 is 0. The molecular formula is C10H15N3O2. The highest BCUT2D eigenvalue weighted by Gasteiger charge is 2.03. The molecular weight excluding hydrogens is 194 g/mol. The van der Waals surface area contributed by atoms with Crippen LogP contribution in [0.5, 0.6) is 0 Å². The minimum absolute atomic E-state index is 0.176. The van der Waals surface area contributed by atoms with Gasteiger partial charge in [-0.25, -0.2) is 4.79 Å². The Hall–Kier alpha value is -1.62. The number of amides is 1. The lowest BCUT2D eigenvalue weighted by atomic mass is 10.1. The van der Waals surface area contributed by atoms with Crippen LogP contribution in [0.15, 0.2) is 24.5 Å². The van der Waals surface area contributed by atoms with E-state index in [4.69, 9.17) is 5.73 Å². The number of nitrogens with two attached hydrogens (primary N) is 1. The Morgan fingerprint density at radius 3 is 3.13 bits per heavy atom. The molecule has 82 valence electrons. The molecule has 0 aliphatic carbocycles. The molecule has 15 heavy (non-hydrogen) atoms. The van der Waals surface area contributed by atoms with E-state index in [9.17, 15) is 4.79 Å². The molecule has 1 unspecified atom stereocenters. The number of rotatable bonds is 5. The van der Waals surface area contributed by atoms with E-state index in [0.717, 1.165) is 5.56 Å². The van der Waals surface area contributed by atoms with Gasteiger partial charge < -0.3 is 15.8 Å². The third kappa shape index (κ3) is 4.42. The van der Waals surface area contributed by atoms with Crippen LogP contribution in [0.1, 0.15) is 18.5 Å². The molecule has 0 radical (unpaired) electrons. The van der Waals surface area contributed by atoms with Crippen LogP contribution in [0, 0.1) is 0 Å². The summed E-state index contributed by atoms with van der Waals surface area (Å²) in [4.78, 5) is 14.3. The Bertz CT molecular complexity index is 303. The first-order chi connectivity index (χ1) is 7.20. The molecule has 0 fully saturated rings. The zero-order valence-electron chi connectivity index (χ0n) is 8.64. The SMILES string of the molecule is CC(NCCOC(N)=O)c1cccnc1. The van der Waals surface area contributed by atoms with Crippen molar-refractivity contribution in [3.63, 3.8) is 0 Å². The summed E-state index contributed by atoms with van der Waals surface area (Å²) < 4.78 is 4.59. The number of hydrogen-bond acceptors (Lipinski definition) is 4. The lowest BCUT2D eigenvalue weighted by molar-refractivity contribution is 0.156. The Kier molecular flexibility index (Phi) is 4.56. The van der Waals surface area contributed by atoms with E-state index < -0.39 is 6.09 Å². The highest BCUT2D eigenvalue weighted by Crippen LogP contribution is 2.08. The van der Waals surface area contributed by atoms with Crippen LogP contribution in [0.4, 0.5) is 4.79 Å². The van der Waals surface area contributed by atoms with Gasteiger partial charge in [-0.1, -0.05) is 6.07 Å². The average molecular weight is 209 g/mol. The van der Waals surface area contributed by atoms with Gasteiger partial charge in [-0.15, -0.1) is 0 Å². The first kappa shape index (κ1) is 11.5. The van der Waals surface area contributed by atoms with Gasteiger partial charge in [0, 0.05) is 25.0 Å². The predicted octanol–water partition coefficient (Wildman–Crippen LogP) is 0.827. The van der Waals surface area contributed by atoms with Crippen molar-refractivity contribution >= 4 is 6.09 Å². The number of hydrogen-bond donors (Lipinski definition) is 2. The van der Waals surface area contributed by atoms with E-state index in [-0.39, 0.29) is 12.6 Å². The second-order valence-electron chi connectivity index (χ2n) is 3.13. The quantitative estimate of drug-likeness (QED) is 0.704. The standard InChI is InChI=1S/C10H15N3O2/c1-8(9-3-2-4-12-7-9)13-5-6-15-10(11)14/h2-4,7-8,13H,5-6H2,1H3,(H2,11,14). The van der Waals surface area contributed by atoms with Gasteiger partial charge in [0.25, 0.3) is 0 Å². The Balaban J connectivity index is 2.25. The largest absolute Gasteiger partial charge is 0.448 e. The van der Waals surface area contributed by atoms with E-state index in [1.165, 1.54) is 0 Å². The molecule has 3 N–H and O–H groups in total. The van der Waals surface area contributed by atoms with Crippen LogP contribution in [-0.4, -0.2) is 24.2 Å². The van der Waals surface area contributed by atoms with Crippen molar-refractivity contribution in [2.45, 2.75) is 13.0 Å². The number of nitrogens with one attached hydrogen (secondary N) is 1. The third-order valence-corrected chi connectivity index (χ3v) is 1.98. The van der Waals surface area contributed by atoms with Gasteiger partial charge in [-0.2, -0.15) is 0 Å². The van der Waals surface area contributed by atoms with Crippen molar-refractivity contribution in [2.75, 3.05) is 13.2 Å². The average Bonchev–Trinajstić information content (AvgIpc) is 2.25. The lowest BCUT2D eigenvalue weighted by Crippen LogP contribution is -2.25. The Labute approximate surface area is 88.6 Å². The molecule has 0 aliphatic heterocycles. The third-order valence-electron chi connectivity index (χ3n) is 1.98. The molecule has 1 heterocycles. The molecule has 0 saturated heterocycles.